The van der Waals surface area contributed by atoms with Crippen molar-refractivity contribution in [3.05, 3.63) is 22.4 Å². The minimum absolute atomic E-state index is 0.0326. The topological polar surface area (TPSA) is 35.8 Å². The van der Waals surface area contributed by atoms with Crippen LogP contribution in [-0.4, -0.2) is 6.04 Å². The molecule has 0 bridgehead atoms. The molecule has 1 aromatic rings. The molecule has 0 saturated heterocycles. The molecule has 1 fully saturated rings. The van der Waals surface area contributed by atoms with Crippen LogP contribution >= 0.6 is 11.3 Å². The molecule has 18 heavy (non-hydrogen) atoms. The van der Waals surface area contributed by atoms with Gasteiger partial charge in [-0.3, -0.25) is 5.32 Å². The van der Waals surface area contributed by atoms with Crippen LogP contribution in [0.5, 0.6) is 0 Å². The van der Waals surface area contributed by atoms with Crippen molar-refractivity contribution in [1.82, 2.24) is 5.32 Å². The zero-order valence-electron chi connectivity index (χ0n) is 10.9. The molecule has 3 heteroatoms. The minimum atomic E-state index is 0.0326. The molecule has 98 valence electrons. The second-order valence-corrected chi connectivity index (χ2v) is 6.20. The van der Waals surface area contributed by atoms with Gasteiger partial charge in [0.2, 0.25) is 0 Å². The summed E-state index contributed by atoms with van der Waals surface area (Å²) in [6.07, 6.45) is 9.10. The number of nitrogens with one attached hydrogen (secondary N) is 1. The fraction of sp³-hybridized carbons (Fsp3) is 0.667. The summed E-state index contributed by atoms with van der Waals surface area (Å²) in [5.74, 6) is 0.551. The maximum atomic E-state index is 9.36. The number of nitrogens with zero attached hydrogens (tertiary/aromatic N) is 1. The van der Waals surface area contributed by atoms with Crippen molar-refractivity contribution in [2.75, 3.05) is 0 Å². The first-order valence-electron chi connectivity index (χ1n) is 7.05. The Bertz CT molecular complexity index is 358. The molecule has 1 aliphatic rings. The van der Waals surface area contributed by atoms with Gasteiger partial charge in [-0.15, -0.1) is 11.3 Å². The number of thiophene rings is 1. The third-order valence-corrected chi connectivity index (χ3v) is 4.71. The maximum Gasteiger partial charge on any atom is 0.0984 e. The van der Waals surface area contributed by atoms with E-state index in [1.165, 1.54) is 49.8 Å². The third-order valence-electron chi connectivity index (χ3n) is 3.84. The number of hydrogen-bond acceptors (Lipinski definition) is 3. The Morgan fingerprint density at radius 3 is 2.61 bits per heavy atom. The van der Waals surface area contributed by atoms with E-state index in [4.69, 9.17) is 0 Å². The molecule has 0 amide bonds. The van der Waals surface area contributed by atoms with Crippen LogP contribution in [0.25, 0.3) is 0 Å². The van der Waals surface area contributed by atoms with E-state index in [0.717, 1.165) is 6.54 Å². The van der Waals surface area contributed by atoms with Gasteiger partial charge < -0.3 is 0 Å². The Morgan fingerprint density at radius 1 is 1.28 bits per heavy atom. The van der Waals surface area contributed by atoms with Gasteiger partial charge in [0.05, 0.1) is 12.1 Å². The molecule has 0 aliphatic heterocycles. The number of hydrogen-bond donors (Lipinski definition) is 1. The average molecular weight is 262 g/mol. The van der Waals surface area contributed by atoms with E-state index in [9.17, 15) is 5.26 Å². The summed E-state index contributed by atoms with van der Waals surface area (Å²) < 4.78 is 0. The van der Waals surface area contributed by atoms with Crippen molar-refractivity contribution in [3.63, 3.8) is 0 Å². The van der Waals surface area contributed by atoms with Crippen LogP contribution in [0.2, 0.25) is 0 Å². The summed E-state index contributed by atoms with van der Waals surface area (Å²) in [5.41, 5.74) is 0. The van der Waals surface area contributed by atoms with E-state index in [1.54, 1.807) is 11.3 Å². The second kappa shape index (κ2) is 7.56. The largest absolute Gasteiger partial charge is 0.297 e. The maximum absolute atomic E-state index is 9.36. The molecule has 1 N–H and O–H groups in total. The van der Waals surface area contributed by atoms with Crippen LogP contribution < -0.4 is 5.32 Å². The Morgan fingerprint density at radius 2 is 2.00 bits per heavy atom. The van der Waals surface area contributed by atoms with E-state index in [2.05, 4.69) is 28.9 Å². The van der Waals surface area contributed by atoms with Crippen LogP contribution in [0, 0.1) is 17.2 Å². The van der Waals surface area contributed by atoms with Gasteiger partial charge in [-0.1, -0.05) is 38.2 Å². The predicted octanol–water partition coefficient (Wildman–Crippen LogP) is 4.09. The molecule has 0 spiro atoms. The van der Waals surface area contributed by atoms with Gasteiger partial charge in [0, 0.05) is 11.4 Å². The summed E-state index contributed by atoms with van der Waals surface area (Å²) >= 11 is 1.76. The fourth-order valence-corrected chi connectivity index (χ4v) is 3.42. The normalized spacial score (nSPS) is 19.7. The molecule has 1 unspecified atom stereocenters. The lowest BCUT2D eigenvalue weighted by molar-refractivity contribution is 0.322. The van der Waals surface area contributed by atoms with E-state index < -0.39 is 0 Å². The van der Waals surface area contributed by atoms with Gasteiger partial charge in [-0.2, -0.15) is 5.26 Å². The summed E-state index contributed by atoms with van der Waals surface area (Å²) in [6.45, 7) is 0.840. The summed E-state index contributed by atoms with van der Waals surface area (Å²) in [4.78, 5) is 1.32. The van der Waals surface area contributed by atoms with Crippen molar-refractivity contribution in [2.24, 2.45) is 5.92 Å². The smallest absolute Gasteiger partial charge is 0.0984 e. The van der Waals surface area contributed by atoms with E-state index in [1.807, 2.05) is 0 Å². The molecular formula is C15H22N2S. The van der Waals surface area contributed by atoms with Crippen LogP contribution in [-0.2, 0) is 6.54 Å². The Balaban J connectivity index is 1.84. The van der Waals surface area contributed by atoms with E-state index >= 15 is 0 Å². The average Bonchev–Trinajstić information content (AvgIpc) is 2.84. The van der Waals surface area contributed by atoms with E-state index in [0.29, 0.717) is 5.92 Å². The van der Waals surface area contributed by atoms with Crippen molar-refractivity contribution < 1.29 is 0 Å². The third kappa shape index (κ3) is 4.12. The summed E-state index contributed by atoms with van der Waals surface area (Å²) in [6, 6.07) is 6.71. The Kier molecular flexibility index (Phi) is 5.70. The summed E-state index contributed by atoms with van der Waals surface area (Å²) in [7, 11) is 0. The zero-order valence-corrected chi connectivity index (χ0v) is 11.7. The first-order valence-corrected chi connectivity index (χ1v) is 7.93. The highest BCUT2D eigenvalue weighted by Gasteiger charge is 2.21. The molecule has 2 rings (SSSR count). The Labute approximate surface area is 114 Å². The Hall–Kier alpha value is -0.850. The zero-order chi connectivity index (χ0) is 12.6. The highest BCUT2D eigenvalue weighted by atomic mass is 32.1. The van der Waals surface area contributed by atoms with Crippen LogP contribution in [0.1, 0.15) is 49.8 Å². The number of rotatable bonds is 4. The van der Waals surface area contributed by atoms with Gasteiger partial charge in [-0.25, -0.2) is 0 Å². The van der Waals surface area contributed by atoms with Crippen molar-refractivity contribution in [1.29, 1.82) is 5.26 Å². The van der Waals surface area contributed by atoms with Crippen LogP contribution in [0.4, 0.5) is 0 Å². The lowest BCUT2D eigenvalue weighted by Gasteiger charge is -2.24. The fourth-order valence-electron chi connectivity index (χ4n) is 2.76. The quantitative estimate of drug-likeness (QED) is 0.887. The highest BCUT2D eigenvalue weighted by Crippen LogP contribution is 2.25. The SMILES string of the molecule is N#CC(NCc1cccs1)C1CCCCCCC1. The first kappa shape index (κ1) is 13.6. The minimum Gasteiger partial charge on any atom is -0.297 e. The molecule has 1 aromatic heterocycles. The molecule has 1 saturated carbocycles. The second-order valence-electron chi connectivity index (χ2n) is 5.17. The molecule has 0 aromatic carbocycles. The van der Waals surface area contributed by atoms with Crippen LogP contribution in [0.3, 0.4) is 0 Å². The van der Waals surface area contributed by atoms with Crippen LogP contribution in [0.15, 0.2) is 17.5 Å². The standard InChI is InChI=1S/C15H22N2S/c16-11-15(17-12-14-9-6-10-18-14)13-7-4-2-1-3-5-8-13/h6,9-10,13,15,17H,1-5,7-8,12H2. The highest BCUT2D eigenvalue weighted by molar-refractivity contribution is 7.09. The van der Waals surface area contributed by atoms with Crippen molar-refractivity contribution in [2.45, 2.75) is 57.5 Å². The monoisotopic (exact) mass is 262 g/mol. The van der Waals surface area contributed by atoms with Gasteiger partial charge in [0.25, 0.3) is 0 Å². The van der Waals surface area contributed by atoms with Gasteiger partial charge in [-0.05, 0) is 30.2 Å². The number of nitriles is 1. The molecule has 2 nitrogen and oxygen atoms in total. The van der Waals surface area contributed by atoms with Gasteiger partial charge in [0.1, 0.15) is 0 Å². The lowest BCUT2D eigenvalue weighted by Crippen LogP contribution is -2.34. The van der Waals surface area contributed by atoms with Gasteiger partial charge >= 0.3 is 0 Å². The molecular weight excluding hydrogens is 240 g/mol. The molecule has 1 atom stereocenters. The predicted molar refractivity (Wildman–Crippen MR) is 76.4 cm³/mol. The molecule has 0 radical (unpaired) electrons. The lowest BCUT2D eigenvalue weighted by atomic mass is 9.86. The van der Waals surface area contributed by atoms with Crippen molar-refractivity contribution in [3.8, 4) is 6.07 Å². The molecule has 1 heterocycles. The van der Waals surface area contributed by atoms with E-state index in [-0.39, 0.29) is 6.04 Å². The summed E-state index contributed by atoms with van der Waals surface area (Å²) in [5, 5.41) is 14.9. The molecule has 1 aliphatic carbocycles. The van der Waals surface area contributed by atoms with Crippen molar-refractivity contribution >= 4 is 11.3 Å². The van der Waals surface area contributed by atoms with Gasteiger partial charge in [0.15, 0.2) is 0 Å². The first-order chi connectivity index (χ1) is 8.90.